The third-order valence-corrected chi connectivity index (χ3v) is 10.4. The number of hydrogen-bond donors (Lipinski definition) is 1. The van der Waals surface area contributed by atoms with Crippen molar-refractivity contribution in [1.29, 1.82) is 0 Å². The van der Waals surface area contributed by atoms with Crippen molar-refractivity contribution >= 4 is 16.3 Å². The summed E-state index contributed by atoms with van der Waals surface area (Å²) in [5.41, 5.74) is 3.30. The molecule has 1 heterocycles. The molecule has 1 aliphatic carbocycles. The molecule has 3 atom stereocenters. The fourth-order valence-electron chi connectivity index (χ4n) is 6.28. The van der Waals surface area contributed by atoms with Gasteiger partial charge in [0, 0.05) is 26.2 Å². The zero-order valence-corrected chi connectivity index (χ0v) is 27.2. The normalized spacial score (nSPS) is 23.6. The van der Waals surface area contributed by atoms with E-state index in [2.05, 4.69) is 35.1 Å². The van der Waals surface area contributed by atoms with Gasteiger partial charge in [-0.25, -0.2) is 4.79 Å². The van der Waals surface area contributed by atoms with Gasteiger partial charge in [-0.1, -0.05) is 72.8 Å². The van der Waals surface area contributed by atoms with E-state index in [0.717, 1.165) is 46.9 Å². The molecule has 1 saturated heterocycles. The molecular weight excluding hydrogens is 590 g/mol. The highest BCUT2D eigenvalue weighted by molar-refractivity contribution is 7.87. The van der Waals surface area contributed by atoms with Crippen LogP contribution >= 0.6 is 0 Å². The summed E-state index contributed by atoms with van der Waals surface area (Å²) in [6.45, 7) is 2.83. The molecule has 1 saturated carbocycles. The standard InChI is InChI=1S/C35H45N3O6S/c1-26-21-33(36-45(40,41)37(2)3)34(38(26)35(39)44-24-28-13-8-5-9-14-28)25-43-31-19-17-29(18-20-31)30-15-10-16-32(22-30)42-23-27-11-6-4-7-12-27/h4-16,22,26,29,31,33-34,36H,17-21,23-25H2,1-3H3/t26-,29?,31?,33+,34+/m1/s1. The third-order valence-electron chi connectivity index (χ3n) is 8.84. The molecule has 0 radical (unpaired) electrons. The summed E-state index contributed by atoms with van der Waals surface area (Å²) in [5.74, 6) is 1.29. The fraction of sp³-hybridized carbons (Fsp3) is 0.457. The maximum Gasteiger partial charge on any atom is 0.410 e. The van der Waals surface area contributed by atoms with E-state index in [9.17, 15) is 13.2 Å². The highest BCUT2D eigenvalue weighted by Crippen LogP contribution is 2.36. The van der Waals surface area contributed by atoms with Crippen molar-refractivity contribution in [2.45, 2.75) is 82.4 Å². The SMILES string of the molecule is C[C@@H]1C[C@H](NS(=O)(=O)N(C)C)[C@H](COC2CCC(c3cccc(OCc4ccccc4)c3)CC2)N1C(=O)OCc1ccccc1. The van der Waals surface area contributed by atoms with Crippen LogP contribution in [-0.2, 0) is 32.9 Å². The molecule has 0 unspecified atom stereocenters. The largest absolute Gasteiger partial charge is 0.489 e. The Morgan fingerprint density at radius 3 is 2.18 bits per heavy atom. The summed E-state index contributed by atoms with van der Waals surface area (Å²) in [5, 5.41) is 0. The molecule has 45 heavy (non-hydrogen) atoms. The van der Waals surface area contributed by atoms with Gasteiger partial charge in [-0.05, 0) is 73.8 Å². The van der Waals surface area contributed by atoms with Crippen LogP contribution < -0.4 is 9.46 Å². The molecule has 1 N–H and O–H groups in total. The number of carbonyl (C=O) groups excluding carboxylic acids is 1. The Hall–Kier alpha value is -3.44. The predicted octanol–water partition coefficient (Wildman–Crippen LogP) is 5.87. The first-order chi connectivity index (χ1) is 21.7. The lowest BCUT2D eigenvalue weighted by atomic mass is 9.82. The van der Waals surface area contributed by atoms with E-state index >= 15 is 0 Å². The summed E-state index contributed by atoms with van der Waals surface area (Å²) >= 11 is 0. The number of amides is 1. The Morgan fingerprint density at radius 2 is 1.53 bits per heavy atom. The van der Waals surface area contributed by atoms with Gasteiger partial charge in [0.1, 0.15) is 19.0 Å². The Labute approximate surface area is 267 Å². The summed E-state index contributed by atoms with van der Waals surface area (Å²) < 4.78 is 47.7. The number of rotatable bonds is 12. The number of hydrogen-bond acceptors (Lipinski definition) is 6. The molecular formula is C35H45N3O6S. The van der Waals surface area contributed by atoms with Gasteiger partial charge in [-0.2, -0.15) is 17.4 Å². The minimum atomic E-state index is -3.71. The van der Waals surface area contributed by atoms with Crippen LogP contribution in [0.5, 0.6) is 5.75 Å². The fourth-order valence-corrected chi connectivity index (χ4v) is 7.13. The molecule has 3 aromatic carbocycles. The maximum absolute atomic E-state index is 13.3. The number of nitrogens with one attached hydrogen (secondary N) is 1. The molecule has 242 valence electrons. The second kappa shape index (κ2) is 15.2. The summed E-state index contributed by atoms with van der Waals surface area (Å²) in [7, 11) is -0.733. The molecule has 9 nitrogen and oxygen atoms in total. The zero-order chi connectivity index (χ0) is 31.8. The first kappa shape index (κ1) is 32.9. The molecule has 2 aliphatic rings. The Kier molecular flexibility index (Phi) is 11.1. The van der Waals surface area contributed by atoms with E-state index in [0.29, 0.717) is 18.9 Å². The van der Waals surface area contributed by atoms with Gasteiger partial charge in [0.15, 0.2) is 0 Å². The van der Waals surface area contributed by atoms with E-state index in [4.69, 9.17) is 14.2 Å². The van der Waals surface area contributed by atoms with Crippen LogP contribution in [0.2, 0.25) is 0 Å². The topological polar surface area (TPSA) is 97.4 Å². The lowest BCUT2D eigenvalue weighted by Gasteiger charge is -2.33. The van der Waals surface area contributed by atoms with Crippen molar-refractivity contribution in [3.63, 3.8) is 0 Å². The Balaban J connectivity index is 1.18. The molecule has 2 fully saturated rings. The number of nitrogens with zero attached hydrogens (tertiary/aromatic N) is 2. The molecule has 5 rings (SSSR count). The van der Waals surface area contributed by atoms with E-state index in [1.807, 2.05) is 61.5 Å². The number of likely N-dealkylation sites (tertiary alicyclic amines) is 1. The van der Waals surface area contributed by atoms with Gasteiger partial charge in [-0.15, -0.1) is 0 Å². The van der Waals surface area contributed by atoms with E-state index in [1.54, 1.807) is 4.90 Å². The van der Waals surface area contributed by atoms with E-state index in [1.165, 1.54) is 19.7 Å². The minimum absolute atomic E-state index is 0.0305. The van der Waals surface area contributed by atoms with Gasteiger partial charge in [0.25, 0.3) is 10.2 Å². The van der Waals surface area contributed by atoms with Gasteiger partial charge in [0.2, 0.25) is 0 Å². The molecule has 0 bridgehead atoms. The average molecular weight is 636 g/mol. The lowest BCUT2D eigenvalue weighted by molar-refractivity contribution is -0.0112. The first-order valence-corrected chi connectivity index (χ1v) is 17.2. The van der Waals surface area contributed by atoms with Crippen LogP contribution in [0.25, 0.3) is 0 Å². The minimum Gasteiger partial charge on any atom is -0.489 e. The van der Waals surface area contributed by atoms with Crippen LogP contribution in [0, 0.1) is 0 Å². The van der Waals surface area contributed by atoms with Crippen LogP contribution in [0.15, 0.2) is 84.9 Å². The molecule has 1 amide bonds. The highest BCUT2D eigenvalue weighted by Gasteiger charge is 2.45. The Bertz CT molecular complexity index is 1480. The van der Waals surface area contributed by atoms with Gasteiger partial charge in [0.05, 0.1) is 18.8 Å². The molecule has 3 aromatic rings. The maximum atomic E-state index is 13.3. The van der Waals surface area contributed by atoms with E-state index < -0.39 is 28.4 Å². The van der Waals surface area contributed by atoms with Crippen LogP contribution in [0.4, 0.5) is 4.79 Å². The second-order valence-corrected chi connectivity index (χ2v) is 14.2. The summed E-state index contributed by atoms with van der Waals surface area (Å²) in [4.78, 5) is 15.0. The van der Waals surface area contributed by atoms with Crippen LogP contribution in [0.1, 0.15) is 61.6 Å². The molecule has 0 aromatic heterocycles. The zero-order valence-electron chi connectivity index (χ0n) is 26.4. The van der Waals surface area contributed by atoms with Crippen molar-refractivity contribution in [3.8, 4) is 5.75 Å². The quantitative estimate of drug-likeness (QED) is 0.267. The number of benzene rings is 3. The van der Waals surface area contributed by atoms with Gasteiger partial charge in [-0.3, -0.25) is 4.90 Å². The lowest BCUT2D eigenvalue weighted by Crippen LogP contribution is -2.52. The van der Waals surface area contributed by atoms with Crippen molar-refractivity contribution in [3.05, 3.63) is 102 Å². The van der Waals surface area contributed by atoms with Crippen molar-refractivity contribution < 1.29 is 27.4 Å². The summed E-state index contributed by atoms with van der Waals surface area (Å²) in [6.07, 6.45) is 3.76. The average Bonchev–Trinajstić information content (AvgIpc) is 3.36. The van der Waals surface area contributed by atoms with Crippen LogP contribution in [0.3, 0.4) is 0 Å². The number of carbonyl (C=O) groups is 1. The number of ether oxygens (including phenoxy) is 3. The third kappa shape index (κ3) is 8.85. The van der Waals surface area contributed by atoms with Crippen molar-refractivity contribution in [1.82, 2.24) is 13.9 Å². The molecule has 10 heteroatoms. The molecule has 1 aliphatic heterocycles. The smallest absolute Gasteiger partial charge is 0.410 e. The highest BCUT2D eigenvalue weighted by atomic mass is 32.2. The van der Waals surface area contributed by atoms with E-state index in [-0.39, 0.29) is 25.4 Å². The Morgan fingerprint density at radius 1 is 0.889 bits per heavy atom. The second-order valence-electron chi connectivity index (χ2n) is 12.3. The van der Waals surface area contributed by atoms with Crippen molar-refractivity contribution in [2.24, 2.45) is 0 Å². The molecule has 0 spiro atoms. The van der Waals surface area contributed by atoms with Gasteiger partial charge >= 0.3 is 6.09 Å². The van der Waals surface area contributed by atoms with Crippen LogP contribution in [-0.4, -0.2) is 68.6 Å². The monoisotopic (exact) mass is 635 g/mol. The predicted molar refractivity (Wildman–Crippen MR) is 174 cm³/mol. The first-order valence-electron chi connectivity index (χ1n) is 15.8. The van der Waals surface area contributed by atoms with Crippen molar-refractivity contribution in [2.75, 3.05) is 20.7 Å². The summed E-state index contributed by atoms with van der Waals surface area (Å²) in [6, 6.07) is 26.8. The van der Waals surface area contributed by atoms with Gasteiger partial charge < -0.3 is 14.2 Å².